The van der Waals surface area contributed by atoms with Crippen LogP contribution < -0.4 is 0 Å². The second kappa shape index (κ2) is 3.42. The average molecular weight is 256 g/mol. The van der Waals surface area contributed by atoms with Gasteiger partial charge in [0.25, 0.3) is 0 Å². The van der Waals surface area contributed by atoms with Crippen LogP contribution in [0.1, 0.15) is 46.0 Å². The molecule has 102 valence electrons. The number of fused-ring (bicyclic) bond motifs is 6. The fourth-order valence-electron chi connectivity index (χ4n) is 6.18. The predicted octanol–water partition coefficient (Wildman–Crippen LogP) is 4.15. The smallest absolute Gasteiger partial charge is 0.146 e. The summed E-state index contributed by atoms with van der Waals surface area (Å²) < 4.78 is 0. The van der Waals surface area contributed by atoms with Gasteiger partial charge in [0.15, 0.2) is 0 Å². The molecule has 2 spiro atoms. The van der Waals surface area contributed by atoms with Gasteiger partial charge in [-0.2, -0.15) is 0 Å². The molecule has 0 N–H and O–H groups in total. The lowest BCUT2D eigenvalue weighted by molar-refractivity contribution is -0.136. The van der Waals surface area contributed by atoms with E-state index in [1.54, 1.807) is 0 Å². The number of carbonyl (C=O) groups is 1. The van der Waals surface area contributed by atoms with Gasteiger partial charge in [0.05, 0.1) is 0 Å². The summed E-state index contributed by atoms with van der Waals surface area (Å²) in [7, 11) is 0. The van der Waals surface area contributed by atoms with E-state index in [0.717, 1.165) is 11.8 Å². The van der Waals surface area contributed by atoms with Gasteiger partial charge in [0, 0.05) is 10.8 Å². The third-order valence-corrected chi connectivity index (χ3v) is 6.94. The van der Waals surface area contributed by atoms with Crippen molar-refractivity contribution in [2.45, 2.75) is 46.0 Å². The molecular weight excluding hydrogens is 232 g/mol. The molecule has 5 aliphatic rings. The quantitative estimate of drug-likeness (QED) is 0.595. The molecule has 5 aliphatic carbocycles. The van der Waals surface area contributed by atoms with Crippen molar-refractivity contribution in [1.82, 2.24) is 0 Å². The van der Waals surface area contributed by atoms with Crippen LogP contribution in [-0.4, -0.2) is 5.78 Å². The minimum absolute atomic E-state index is 0. The average Bonchev–Trinajstić information content (AvgIpc) is 3.14. The minimum atomic E-state index is 0. The first-order valence-corrected chi connectivity index (χ1v) is 7.65. The first kappa shape index (κ1) is 11.9. The first-order chi connectivity index (χ1) is 8.73. The number of ketones is 1. The number of carbonyl (C=O) groups excluding carboxylic acids is 1. The van der Waals surface area contributed by atoms with Crippen molar-refractivity contribution in [2.24, 2.45) is 34.5 Å². The van der Waals surface area contributed by atoms with Gasteiger partial charge in [-0.1, -0.05) is 31.7 Å². The molecule has 0 aromatic rings. The third-order valence-electron chi connectivity index (χ3n) is 6.94. The molecule has 5 rings (SSSR count). The van der Waals surface area contributed by atoms with Crippen molar-refractivity contribution in [3.63, 3.8) is 0 Å². The van der Waals surface area contributed by atoms with E-state index < -0.39 is 0 Å². The van der Waals surface area contributed by atoms with Crippen molar-refractivity contribution >= 4 is 5.78 Å². The fraction of sp³-hybridized carbons (Fsp3) is 0.722. The molecule has 1 nitrogen and oxygen atoms in total. The number of hydrogen-bond donors (Lipinski definition) is 0. The van der Waals surface area contributed by atoms with Crippen molar-refractivity contribution in [3.05, 3.63) is 24.3 Å². The van der Waals surface area contributed by atoms with Crippen LogP contribution in [-0.2, 0) is 4.79 Å². The highest BCUT2D eigenvalue weighted by molar-refractivity contribution is 5.94. The van der Waals surface area contributed by atoms with E-state index in [0.29, 0.717) is 17.6 Å². The SMILES string of the molecule is C.O=C1C2(CCC13CC1C=CC3C1)CC1C=CC2C1. The highest BCUT2D eigenvalue weighted by atomic mass is 16.1. The number of hydrogen-bond acceptors (Lipinski definition) is 1. The Morgan fingerprint density at radius 3 is 1.63 bits per heavy atom. The molecule has 1 heteroatoms. The summed E-state index contributed by atoms with van der Waals surface area (Å²) in [6.07, 6.45) is 16.7. The van der Waals surface area contributed by atoms with Crippen LogP contribution in [0.4, 0.5) is 0 Å². The molecular formula is C18H24O. The largest absolute Gasteiger partial charge is 0.298 e. The summed E-state index contributed by atoms with van der Waals surface area (Å²) in [5, 5.41) is 0. The first-order valence-electron chi connectivity index (χ1n) is 7.65. The van der Waals surface area contributed by atoms with Gasteiger partial charge in [0.1, 0.15) is 5.78 Å². The topological polar surface area (TPSA) is 17.1 Å². The second-order valence-corrected chi connectivity index (χ2v) is 7.52. The standard InChI is InChI=1S/C17H20O.CH4/c18-15-16(9-11-1-3-13(16)7-11)5-6-17(15)10-12-2-4-14(17)8-12;/h1-4,11-14H,5-10H2;1H4. The second-order valence-electron chi connectivity index (χ2n) is 7.52. The fourth-order valence-corrected chi connectivity index (χ4v) is 6.18. The third kappa shape index (κ3) is 1.16. The molecule has 0 aromatic carbocycles. The van der Waals surface area contributed by atoms with E-state index in [1.807, 2.05) is 0 Å². The highest BCUT2D eigenvalue weighted by Crippen LogP contribution is 2.68. The number of rotatable bonds is 0. The van der Waals surface area contributed by atoms with Gasteiger partial charge in [-0.3, -0.25) is 4.79 Å². The Kier molecular flexibility index (Phi) is 2.15. The molecule has 0 amide bonds. The van der Waals surface area contributed by atoms with Gasteiger partial charge in [-0.15, -0.1) is 0 Å². The molecule has 0 aromatic heterocycles. The van der Waals surface area contributed by atoms with E-state index in [1.165, 1.54) is 38.5 Å². The van der Waals surface area contributed by atoms with Crippen molar-refractivity contribution < 1.29 is 4.79 Å². The summed E-state index contributed by atoms with van der Waals surface area (Å²) in [4.78, 5) is 13.3. The Hall–Kier alpha value is -0.850. The van der Waals surface area contributed by atoms with E-state index in [-0.39, 0.29) is 18.3 Å². The summed E-state index contributed by atoms with van der Waals surface area (Å²) in [6, 6.07) is 0. The van der Waals surface area contributed by atoms with Gasteiger partial charge in [0.2, 0.25) is 0 Å². The molecule has 0 aliphatic heterocycles. The van der Waals surface area contributed by atoms with Gasteiger partial charge in [-0.25, -0.2) is 0 Å². The molecule has 3 saturated carbocycles. The summed E-state index contributed by atoms with van der Waals surface area (Å²) in [6.45, 7) is 0. The zero-order valence-electron chi connectivity index (χ0n) is 10.8. The molecule has 0 radical (unpaired) electrons. The summed E-state index contributed by atoms with van der Waals surface area (Å²) in [5.74, 6) is 3.32. The lowest BCUT2D eigenvalue weighted by Crippen LogP contribution is -2.40. The van der Waals surface area contributed by atoms with Crippen molar-refractivity contribution in [3.8, 4) is 0 Å². The Bertz CT molecular complexity index is 458. The van der Waals surface area contributed by atoms with Crippen LogP contribution in [0.3, 0.4) is 0 Å². The van der Waals surface area contributed by atoms with E-state index >= 15 is 0 Å². The van der Waals surface area contributed by atoms with E-state index in [2.05, 4.69) is 24.3 Å². The number of Topliss-reactive ketones (excluding diaryl/α,β-unsaturated/α-hetero) is 1. The van der Waals surface area contributed by atoms with Crippen molar-refractivity contribution in [1.29, 1.82) is 0 Å². The van der Waals surface area contributed by atoms with Crippen LogP contribution in [0.25, 0.3) is 0 Å². The molecule has 3 fully saturated rings. The Balaban J connectivity index is 0.000000968. The van der Waals surface area contributed by atoms with Crippen LogP contribution in [0.5, 0.6) is 0 Å². The monoisotopic (exact) mass is 256 g/mol. The van der Waals surface area contributed by atoms with Crippen molar-refractivity contribution in [2.75, 3.05) is 0 Å². The maximum absolute atomic E-state index is 13.3. The zero-order valence-corrected chi connectivity index (χ0v) is 10.8. The van der Waals surface area contributed by atoms with Crippen LogP contribution >= 0.6 is 0 Å². The van der Waals surface area contributed by atoms with Crippen LogP contribution in [0.2, 0.25) is 0 Å². The predicted molar refractivity (Wildman–Crippen MR) is 76.5 cm³/mol. The lowest BCUT2D eigenvalue weighted by Gasteiger charge is -2.35. The van der Waals surface area contributed by atoms with Crippen LogP contribution in [0.15, 0.2) is 24.3 Å². The summed E-state index contributed by atoms with van der Waals surface area (Å²) in [5.41, 5.74) is 0.162. The molecule has 0 heterocycles. The Morgan fingerprint density at radius 2 is 1.32 bits per heavy atom. The molecule has 19 heavy (non-hydrogen) atoms. The van der Waals surface area contributed by atoms with Gasteiger partial charge < -0.3 is 0 Å². The molecule has 0 saturated heterocycles. The maximum Gasteiger partial charge on any atom is 0.146 e. The normalized spacial score (nSPS) is 55.9. The Labute approximate surface area is 116 Å². The highest BCUT2D eigenvalue weighted by Gasteiger charge is 2.66. The van der Waals surface area contributed by atoms with Crippen LogP contribution in [0, 0.1) is 34.5 Å². The maximum atomic E-state index is 13.3. The molecule has 6 atom stereocenters. The molecule has 6 unspecified atom stereocenters. The van der Waals surface area contributed by atoms with E-state index in [9.17, 15) is 4.79 Å². The Morgan fingerprint density at radius 1 is 0.842 bits per heavy atom. The van der Waals surface area contributed by atoms with Gasteiger partial charge in [-0.05, 0) is 62.2 Å². The molecule has 4 bridgehead atoms. The number of allylic oxidation sites excluding steroid dienone is 4. The minimum Gasteiger partial charge on any atom is -0.298 e. The zero-order chi connectivity index (χ0) is 12.0. The van der Waals surface area contributed by atoms with E-state index in [4.69, 9.17) is 0 Å². The lowest BCUT2D eigenvalue weighted by atomic mass is 9.66. The summed E-state index contributed by atoms with van der Waals surface area (Å²) >= 11 is 0. The van der Waals surface area contributed by atoms with Gasteiger partial charge >= 0.3 is 0 Å².